The van der Waals surface area contributed by atoms with E-state index in [1.54, 1.807) is 12.3 Å². The molecule has 7 heteroatoms. The molecule has 24 heavy (non-hydrogen) atoms. The van der Waals surface area contributed by atoms with Crippen LogP contribution in [0.4, 0.5) is 19.0 Å². The average molecular weight is 337 g/mol. The van der Waals surface area contributed by atoms with E-state index >= 15 is 0 Å². The number of alkyl halides is 3. The van der Waals surface area contributed by atoms with E-state index < -0.39 is 11.7 Å². The number of ether oxygens (including phenoxy) is 1. The Morgan fingerprint density at radius 2 is 2.04 bits per heavy atom. The number of hydrogen-bond donors (Lipinski definition) is 0. The highest BCUT2D eigenvalue weighted by Crippen LogP contribution is 2.31. The maximum absolute atomic E-state index is 12.8. The van der Waals surface area contributed by atoms with Crippen LogP contribution in [0.2, 0.25) is 0 Å². The van der Waals surface area contributed by atoms with Crippen molar-refractivity contribution < 1.29 is 17.9 Å². The Morgan fingerprint density at radius 3 is 2.79 bits per heavy atom. The fourth-order valence-corrected chi connectivity index (χ4v) is 2.81. The second kappa shape index (κ2) is 7.07. The SMILES string of the molecule is FC(F)(F)c1ccnc(N2CCCC(COc3ccccn3)C2)c1. The highest BCUT2D eigenvalue weighted by Gasteiger charge is 2.31. The summed E-state index contributed by atoms with van der Waals surface area (Å²) in [7, 11) is 0. The average Bonchev–Trinajstić information content (AvgIpc) is 2.60. The second-order valence-electron chi connectivity index (χ2n) is 5.83. The van der Waals surface area contributed by atoms with Crippen molar-refractivity contribution in [3.8, 4) is 5.88 Å². The summed E-state index contributed by atoms with van der Waals surface area (Å²) in [6.45, 7) is 1.82. The van der Waals surface area contributed by atoms with E-state index in [9.17, 15) is 13.2 Å². The third kappa shape index (κ3) is 4.15. The van der Waals surface area contributed by atoms with Crippen molar-refractivity contribution in [1.29, 1.82) is 0 Å². The molecule has 3 heterocycles. The van der Waals surface area contributed by atoms with E-state index in [0.717, 1.165) is 25.0 Å². The number of nitrogens with zero attached hydrogens (tertiary/aromatic N) is 3. The number of pyridine rings is 2. The summed E-state index contributed by atoms with van der Waals surface area (Å²) in [5.74, 6) is 1.16. The largest absolute Gasteiger partial charge is 0.477 e. The van der Waals surface area contributed by atoms with Gasteiger partial charge in [-0.2, -0.15) is 13.2 Å². The van der Waals surface area contributed by atoms with E-state index in [2.05, 4.69) is 9.97 Å². The summed E-state index contributed by atoms with van der Waals surface area (Å²) >= 11 is 0. The molecule has 0 aliphatic carbocycles. The monoisotopic (exact) mass is 337 g/mol. The van der Waals surface area contributed by atoms with Crippen LogP contribution in [-0.4, -0.2) is 29.7 Å². The highest BCUT2D eigenvalue weighted by molar-refractivity contribution is 5.42. The molecule has 0 aromatic carbocycles. The van der Waals surface area contributed by atoms with Gasteiger partial charge in [-0.15, -0.1) is 0 Å². The van der Waals surface area contributed by atoms with Crippen molar-refractivity contribution in [1.82, 2.24) is 9.97 Å². The number of rotatable bonds is 4. The van der Waals surface area contributed by atoms with Gasteiger partial charge in [-0.05, 0) is 31.0 Å². The van der Waals surface area contributed by atoms with Crippen molar-refractivity contribution in [2.45, 2.75) is 19.0 Å². The number of piperidine rings is 1. The first kappa shape index (κ1) is 16.5. The molecule has 1 saturated heterocycles. The molecule has 4 nitrogen and oxygen atoms in total. The third-order valence-corrected chi connectivity index (χ3v) is 4.02. The Bertz CT molecular complexity index is 664. The van der Waals surface area contributed by atoms with Gasteiger partial charge in [0.15, 0.2) is 0 Å². The lowest BCUT2D eigenvalue weighted by molar-refractivity contribution is -0.137. The smallest absolute Gasteiger partial charge is 0.416 e. The van der Waals surface area contributed by atoms with Gasteiger partial charge < -0.3 is 9.64 Å². The Balaban J connectivity index is 1.63. The first-order valence-electron chi connectivity index (χ1n) is 7.84. The molecule has 2 aromatic rings. The van der Waals surface area contributed by atoms with Crippen molar-refractivity contribution >= 4 is 5.82 Å². The fourth-order valence-electron chi connectivity index (χ4n) is 2.81. The number of hydrogen-bond acceptors (Lipinski definition) is 4. The molecule has 1 aliphatic rings. The topological polar surface area (TPSA) is 38.2 Å². The molecule has 128 valence electrons. The van der Waals surface area contributed by atoms with E-state index in [1.807, 2.05) is 17.0 Å². The van der Waals surface area contributed by atoms with Crippen LogP contribution in [0.15, 0.2) is 42.7 Å². The van der Waals surface area contributed by atoms with E-state index in [0.29, 0.717) is 31.4 Å². The molecule has 1 unspecified atom stereocenters. The minimum absolute atomic E-state index is 0.233. The molecule has 0 bridgehead atoms. The first-order chi connectivity index (χ1) is 11.5. The molecule has 0 saturated carbocycles. The van der Waals surface area contributed by atoms with Crippen molar-refractivity contribution in [3.05, 3.63) is 48.3 Å². The Morgan fingerprint density at radius 1 is 1.17 bits per heavy atom. The molecule has 1 aliphatic heterocycles. The van der Waals surface area contributed by atoms with Gasteiger partial charge in [0.05, 0.1) is 12.2 Å². The summed E-state index contributed by atoms with van der Waals surface area (Å²) < 4.78 is 44.2. The lowest BCUT2D eigenvalue weighted by atomic mass is 9.99. The number of aromatic nitrogens is 2. The fraction of sp³-hybridized carbons (Fsp3) is 0.412. The molecule has 2 aromatic heterocycles. The Labute approximate surface area is 138 Å². The molecule has 0 amide bonds. The summed E-state index contributed by atoms with van der Waals surface area (Å²) in [4.78, 5) is 10.1. The number of halogens is 3. The summed E-state index contributed by atoms with van der Waals surface area (Å²) in [5.41, 5.74) is -0.667. The van der Waals surface area contributed by atoms with Crippen molar-refractivity contribution in [2.24, 2.45) is 5.92 Å². The maximum atomic E-state index is 12.8. The molecule has 3 rings (SSSR count). The Hall–Kier alpha value is -2.31. The molecular weight excluding hydrogens is 319 g/mol. The number of anilines is 1. The normalized spacial score (nSPS) is 18.5. The van der Waals surface area contributed by atoms with E-state index in [4.69, 9.17) is 4.74 Å². The maximum Gasteiger partial charge on any atom is 0.416 e. The first-order valence-corrected chi connectivity index (χ1v) is 7.84. The van der Waals surface area contributed by atoms with Crippen LogP contribution >= 0.6 is 0 Å². The van der Waals surface area contributed by atoms with Crippen LogP contribution in [0, 0.1) is 5.92 Å². The third-order valence-electron chi connectivity index (χ3n) is 4.02. The van der Waals surface area contributed by atoms with Crippen molar-refractivity contribution in [2.75, 3.05) is 24.6 Å². The molecule has 0 N–H and O–H groups in total. The standard InChI is InChI=1S/C17H18F3N3O/c18-17(19,20)14-6-8-21-15(10-14)23-9-3-4-13(11-23)12-24-16-5-1-2-7-22-16/h1-2,5-8,10,13H,3-4,9,11-12H2. The predicted octanol–water partition coefficient (Wildman–Crippen LogP) is 3.79. The highest BCUT2D eigenvalue weighted by atomic mass is 19.4. The minimum atomic E-state index is -4.35. The van der Waals surface area contributed by atoms with E-state index in [1.165, 1.54) is 6.20 Å². The van der Waals surface area contributed by atoms with Crippen LogP contribution in [0.3, 0.4) is 0 Å². The predicted molar refractivity (Wildman–Crippen MR) is 83.9 cm³/mol. The van der Waals surface area contributed by atoms with Gasteiger partial charge in [0.2, 0.25) is 5.88 Å². The van der Waals surface area contributed by atoms with Crippen LogP contribution in [0.25, 0.3) is 0 Å². The van der Waals surface area contributed by atoms with E-state index in [-0.39, 0.29) is 5.92 Å². The van der Waals surface area contributed by atoms with Gasteiger partial charge in [-0.3, -0.25) is 0 Å². The van der Waals surface area contributed by atoms with Crippen LogP contribution in [0.5, 0.6) is 5.88 Å². The molecule has 0 spiro atoms. The van der Waals surface area contributed by atoms with Gasteiger partial charge in [0.1, 0.15) is 5.82 Å². The van der Waals surface area contributed by atoms with Gasteiger partial charge in [0.25, 0.3) is 0 Å². The lowest BCUT2D eigenvalue weighted by Crippen LogP contribution is -2.38. The minimum Gasteiger partial charge on any atom is -0.477 e. The van der Waals surface area contributed by atoms with Crippen molar-refractivity contribution in [3.63, 3.8) is 0 Å². The zero-order valence-electron chi connectivity index (χ0n) is 13.0. The lowest BCUT2D eigenvalue weighted by Gasteiger charge is -2.33. The van der Waals surface area contributed by atoms with Crippen LogP contribution in [-0.2, 0) is 6.18 Å². The Kier molecular flexibility index (Phi) is 4.87. The van der Waals surface area contributed by atoms with Crippen LogP contribution < -0.4 is 9.64 Å². The summed E-state index contributed by atoms with van der Waals surface area (Å²) in [6.07, 6.45) is 0.395. The molecule has 0 radical (unpaired) electrons. The van der Waals surface area contributed by atoms with Gasteiger partial charge in [-0.1, -0.05) is 6.07 Å². The molecule has 1 fully saturated rings. The summed E-state index contributed by atoms with van der Waals surface area (Å²) in [6, 6.07) is 7.56. The zero-order chi connectivity index (χ0) is 17.0. The van der Waals surface area contributed by atoms with Gasteiger partial charge in [-0.25, -0.2) is 9.97 Å². The quantitative estimate of drug-likeness (QED) is 0.851. The molecule has 1 atom stereocenters. The summed E-state index contributed by atoms with van der Waals surface area (Å²) in [5, 5.41) is 0. The van der Waals surface area contributed by atoms with Crippen LogP contribution in [0.1, 0.15) is 18.4 Å². The zero-order valence-corrected chi connectivity index (χ0v) is 13.0. The van der Waals surface area contributed by atoms with Gasteiger partial charge >= 0.3 is 6.18 Å². The molecular formula is C17H18F3N3O. The van der Waals surface area contributed by atoms with Gasteiger partial charge in [0, 0.05) is 37.5 Å². The second-order valence-corrected chi connectivity index (χ2v) is 5.83.